The number of aromatic nitrogens is 2. The molecule has 0 aliphatic rings. The van der Waals surface area contributed by atoms with Crippen LogP contribution in [0, 0.1) is 6.92 Å². The summed E-state index contributed by atoms with van der Waals surface area (Å²) in [5, 5.41) is 4.57. The molecule has 1 heterocycles. The van der Waals surface area contributed by atoms with Gasteiger partial charge in [0.1, 0.15) is 0 Å². The number of hydrogen-bond donors (Lipinski definition) is 1. The lowest BCUT2D eigenvalue weighted by Crippen LogP contribution is -2.24. The first-order valence-electron chi connectivity index (χ1n) is 9.73. The lowest BCUT2D eigenvalue weighted by molar-refractivity contribution is -0.113. The SMILES string of the molecule is Cc1cccc(NC(=O)CSc2nc3ccccc3c(=O)n2Cc2ccc(Cl)cc2)c1. The third-order valence-electron chi connectivity index (χ3n) is 4.71. The van der Waals surface area contributed by atoms with Gasteiger partial charge in [-0.3, -0.25) is 14.2 Å². The van der Waals surface area contributed by atoms with Crippen LogP contribution in [0.5, 0.6) is 0 Å². The summed E-state index contributed by atoms with van der Waals surface area (Å²) in [7, 11) is 0. The maximum absolute atomic E-state index is 13.2. The van der Waals surface area contributed by atoms with Gasteiger partial charge >= 0.3 is 0 Å². The van der Waals surface area contributed by atoms with Gasteiger partial charge in [-0.25, -0.2) is 4.98 Å². The molecule has 7 heteroatoms. The second kappa shape index (κ2) is 9.37. The number of aryl methyl sites for hydroxylation is 1. The van der Waals surface area contributed by atoms with E-state index in [0.717, 1.165) is 16.8 Å². The van der Waals surface area contributed by atoms with Gasteiger partial charge in [-0.1, -0.05) is 59.8 Å². The van der Waals surface area contributed by atoms with E-state index in [-0.39, 0.29) is 17.2 Å². The monoisotopic (exact) mass is 449 g/mol. The number of anilines is 1. The molecule has 4 aromatic rings. The first-order chi connectivity index (χ1) is 15.0. The molecule has 31 heavy (non-hydrogen) atoms. The number of nitrogens with zero attached hydrogens (tertiary/aromatic N) is 2. The van der Waals surface area contributed by atoms with Crippen LogP contribution < -0.4 is 10.9 Å². The highest BCUT2D eigenvalue weighted by Crippen LogP contribution is 2.20. The van der Waals surface area contributed by atoms with Gasteiger partial charge in [0.25, 0.3) is 5.56 Å². The number of benzene rings is 3. The molecule has 1 N–H and O–H groups in total. The summed E-state index contributed by atoms with van der Waals surface area (Å²) >= 11 is 7.23. The van der Waals surface area contributed by atoms with E-state index in [1.807, 2.05) is 55.5 Å². The van der Waals surface area contributed by atoms with Crippen LogP contribution in [-0.4, -0.2) is 21.2 Å². The van der Waals surface area contributed by atoms with Crippen LogP contribution in [0.3, 0.4) is 0 Å². The molecule has 0 bridgehead atoms. The minimum absolute atomic E-state index is 0.137. The van der Waals surface area contributed by atoms with Crippen LogP contribution in [0.25, 0.3) is 10.9 Å². The van der Waals surface area contributed by atoms with Gasteiger partial charge in [0.15, 0.2) is 5.16 Å². The fraction of sp³-hybridized carbons (Fsp3) is 0.125. The molecule has 3 aromatic carbocycles. The second-order valence-electron chi connectivity index (χ2n) is 7.14. The number of amides is 1. The van der Waals surface area contributed by atoms with Crippen LogP contribution in [0.4, 0.5) is 5.69 Å². The molecule has 1 aromatic heterocycles. The lowest BCUT2D eigenvalue weighted by atomic mass is 10.2. The molecular weight excluding hydrogens is 430 g/mol. The van der Waals surface area contributed by atoms with Crippen molar-refractivity contribution in [2.24, 2.45) is 0 Å². The van der Waals surface area contributed by atoms with Crippen molar-refractivity contribution in [3.8, 4) is 0 Å². The topological polar surface area (TPSA) is 64.0 Å². The predicted molar refractivity (Wildman–Crippen MR) is 127 cm³/mol. The summed E-state index contributed by atoms with van der Waals surface area (Å²) < 4.78 is 1.61. The van der Waals surface area contributed by atoms with Gasteiger partial charge in [-0.15, -0.1) is 0 Å². The summed E-state index contributed by atoms with van der Waals surface area (Å²) in [6.45, 7) is 2.31. The van der Waals surface area contributed by atoms with Gasteiger partial charge in [0.05, 0.1) is 23.2 Å². The summed E-state index contributed by atoms with van der Waals surface area (Å²) in [5.41, 5.74) is 3.22. The molecule has 1 amide bonds. The number of thioether (sulfide) groups is 1. The first kappa shape index (κ1) is 21.2. The minimum Gasteiger partial charge on any atom is -0.325 e. The van der Waals surface area contributed by atoms with E-state index in [2.05, 4.69) is 10.3 Å². The second-order valence-corrected chi connectivity index (χ2v) is 8.51. The zero-order chi connectivity index (χ0) is 21.8. The highest BCUT2D eigenvalue weighted by atomic mass is 35.5. The molecule has 0 aliphatic heterocycles. The van der Waals surface area contributed by atoms with Crippen molar-refractivity contribution in [1.82, 2.24) is 9.55 Å². The van der Waals surface area contributed by atoms with Crippen LogP contribution in [0.1, 0.15) is 11.1 Å². The summed E-state index contributed by atoms with van der Waals surface area (Å²) in [6, 6.07) is 22.2. The van der Waals surface area contributed by atoms with Gasteiger partial charge in [-0.2, -0.15) is 0 Å². The van der Waals surface area contributed by atoms with Gasteiger partial charge in [0, 0.05) is 10.7 Å². The Kier molecular flexibility index (Phi) is 6.39. The smallest absolute Gasteiger partial charge is 0.262 e. The van der Waals surface area contributed by atoms with E-state index in [1.54, 1.807) is 28.8 Å². The Morgan fingerprint density at radius 2 is 1.84 bits per heavy atom. The normalized spacial score (nSPS) is 10.9. The molecule has 0 atom stereocenters. The quantitative estimate of drug-likeness (QED) is 0.327. The largest absolute Gasteiger partial charge is 0.325 e. The van der Waals surface area contributed by atoms with Gasteiger partial charge in [-0.05, 0) is 54.4 Å². The van der Waals surface area contributed by atoms with E-state index in [4.69, 9.17) is 11.6 Å². The average Bonchev–Trinajstić information content (AvgIpc) is 2.76. The molecule has 4 rings (SSSR count). The molecule has 0 fully saturated rings. The van der Waals surface area contributed by atoms with E-state index < -0.39 is 0 Å². The number of hydrogen-bond acceptors (Lipinski definition) is 4. The Labute approximate surface area is 189 Å². The molecule has 0 saturated carbocycles. The lowest BCUT2D eigenvalue weighted by Gasteiger charge is -2.13. The summed E-state index contributed by atoms with van der Waals surface area (Å²) in [4.78, 5) is 30.3. The van der Waals surface area contributed by atoms with Crippen molar-refractivity contribution in [2.75, 3.05) is 11.1 Å². The van der Waals surface area contributed by atoms with Crippen LogP contribution in [-0.2, 0) is 11.3 Å². The number of carbonyl (C=O) groups excluding carboxylic acids is 1. The van der Waals surface area contributed by atoms with Crippen molar-refractivity contribution in [3.63, 3.8) is 0 Å². The maximum atomic E-state index is 13.2. The zero-order valence-corrected chi connectivity index (χ0v) is 18.4. The molecule has 0 unspecified atom stereocenters. The Balaban J connectivity index is 1.61. The number of carbonyl (C=O) groups is 1. The minimum atomic E-state index is -0.156. The number of fused-ring (bicyclic) bond motifs is 1. The number of nitrogens with one attached hydrogen (secondary N) is 1. The third-order valence-corrected chi connectivity index (χ3v) is 5.94. The van der Waals surface area contributed by atoms with Crippen molar-refractivity contribution in [2.45, 2.75) is 18.6 Å². The highest BCUT2D eigenvalue weighted by Gasteiger charge is 2.14. The fourth-order valence-corrected chi connectivity index (χ4v) is 4.14. The fourth-order valence-electron chi connectivity index (χ4n) is 3.22. The number of para-hydroxylation sites is 1. The van der Waals surface area contributed by atoms with E-state index in [1.165, 1.54) is 11.8 Å². The van der Waals surface area contributed by atoms with E-state index in [0.29, 0.717) is 27.6 Å². The predicted octanol–water partition coefficient (Wildman–Crippen LogP) is 5.14. The van der Waals surface area contributed by atoms with Crippen molar-refractivity contribution < 1.29 is 4.79 Å². The van der Waals surface area contributed by atoms with E-state index in [9.17, 15) is 9.59 Å². The Bertz CT molecular complexity index is 1300. The number of rotatable bonds is 6. The molecule has 0 saturated heterocycles. The first-order valence-corrected chi connectivity index (χ1v) is 11.1. The van der Waals surface area contributed by atoms with Gasteiger partial charge < -0.3 is 5.32 Å². The summed E-state index contributed by atoms with van der Waals surface area (Å²) in [6.07, 6.45) is 0. The molecule has 5 nitrogen and oxygen atoms in total. The molecule has 0 aliphatic carbocycles. The highest BCUT2D eigenvalue weighted by molar-refractivity contribution is 7.99. The third kappa shape index (κ3) is 5.16. The van der Waals surface area contributed by atoms with Crippen molar-refractivity contribution in [1.29, 1.82) is 0 Å². The maximum Gasteiger partial charge on any atom is 0.262 e. The van der Waals surface area contributed by atoms with Crippen LogP contribution in [0.2, 0.25) is 5.02 Å². The van der Waals surface area contributed by atoms with Crippen molar-refractivity contribution >= 4 is 45.9 Å². The average molecular weight is 450 g/mol. The molecule has 0 radical (unpaired) electrons. The Morgan fingerprint density at radius 1 is 1.06 bits per heavy atom. The van der Waals surface area contributed by atoms with E-state index >= 15 is 0 Å². The van der Waals surface area contributed by atoms with Gasteiger partial charge in [0.2, 0.25) is 5.91 Å². The van der Waals surface area contributed by atoms with Crippen molar-refractivity contribution in [3.05, 3.63) is 99.3 Å². The van der Waals surface area contributed by atoms with Crippen LogP contribution in [0.15, 0.2) is 82.7 Å². The number of halogens is 1. The zero-order valence-electron chi connectivity index (χ0n) is 16.8. The Hall–Kier alpha value is -3.09. The molecular formula is C24H20ClN3O2S. The summed E-state index contributed by atoms with van der Waals surface area (Å²) in [5.74, 6) is -0.0182. The van der Waals surface area contributed by atoms with Crippen LogP contribution >= 0.6 is 23.4 Å². The molecule has 156 valence electrons. The Morgan fingerprint density at radius 3 is 2.61 bits per heavy atom. The standard InChI is InChI=1S/C24H20ClN3O2S/c1-16-5-4-6-19(13-16)26-22(29)15-31-24-27-21-8-3-2-7-20(21)23(30)28(24)14-17-9-11-18(25)12-10-17/h2-13H,14-15H2,1H3,(H,26,29). The molecule has 0 spiro atoms.